The predicted molar refractivity (Wildman–Crippen MR) is 80.6 cm³/mol. The smallest absolute Gasteiger partial charge is 0.378 e. The van der Waals surface area contributed by atoms with Crippen LogP contribution in [0.5, 0.6) is 0 Å². The van der Waals surface area contributed by atoms with Gasteiger partial charge in [0.2, 0.25) is 0 Å². The third-order valence-electron chi connectivity index (χ3n) is 2.72. The van der Waals surface area contributed by atoms with Crippen molar-refractivity contribution in [1.29, 1.82) is 0 Å². The minimum Gasteiger partial charge on any atom is -0.378 e. The molecular weight excluding hydrogens is 256 g/mol. The Kier molecular flexibility index (Phi) is 4.06. The number of anilines is 1. The van der Waals surface area contributed by atoms with Crippen LogP contribution in [0.15, 0.2) is 46.5 Å². The van der Waals surface area contributed by atoms with Gasteiger partial charge in [0, 0.05) is 25.2 Å². The highest BCUT2D eigenvalue weighted by atomic mass is 32.1. The van der Waals surface area contributed by atoms with Gasteiger partial charge in [0.05, 0.1) is 11.3 Å². The Labute approximate surface area is 117 Å². The second-order valence-corrected chi connectivity index (χ2v) is 5.16. The van der Waals surface area contributed by atoms with Gasteiger partial charge >= 0.3 is 5.13 Å². The lowest BCUT2D eigenvalue weighted by atomic mass is 10.3. The molecule has 0 unspecified atom stereocenters. The molecule has 5 heteroatoms. The minimum atomic E-state index is 0.823. The van der Waals surface area contributed by atoms with Crippen LogP contribution in [-0.4, -0.2) is 14.1 Å². The fourth-order valence-corrected chi connectivity index (χ4v) is 2.42. The van der Waals surface area contributed by atoms with Gasteiger partial charge in [-0.15, -0.1) is 0 Å². The van der Waals surface area contributed by atoms with Crippen LogP contribution in [0, 0.1) is 6.92 Å². The molecule has 0 radical (unpaired) electrons. The molecule has 0 saturated heterocycles. The average molecular weight is 273 g/mol. The number of hydrogen-bond donors (Lipinski definition) is 0. The first-order valence-electron chi connectivity index (χ1n) is 5.93. The summed E-state index contributed by atoms with van der Waals surface area (Å²) in [4.78, 5) is 2.05. The molecule has 2 aromatic rings. The first kappa shape index (κ1) is 13.4. The molecule has 98 valence electrons. The Morgan fingerprint density at radius 3 is 2.47 bits per heavy atom. The van der Waals surface area contributed by atoms with E-state index in [4.69, 9.17) is 0 Å². The SMILES string of the molecule is C=C[n+]1c(C)csc1N=Nc1ccc(N(C)C)cc1. The summed E-state index contributed by atoms with van der Waals surface area (Å²) in [5.74, 6) is 0. The summed E-state index contributed by atoms with van der Waals surface area (Å²) >= 11 is 1.55. The molecule has 4 nitrogen and oxygen atoms in total. The van der Waals surface area contributed by atoms with Crippen molar-refractivity contribution in [2.45, 2.75) is 6.92 Å². The van der Waals surface area contributed by atoms with E-state index in [-0.39, 0.29) is 0 Å². The van der Waals surface area contributed by atoms with Crippen molar-refractivity contribution in [2.24, 2.45) is 10.2 Å². The minimum absolute atomic E-state index is 0.823. The van der Waals surface area contributed by atoms with Crippen molar-refractivity contribution in [3.8, 4) is 0 Å². The second kappa shape index (κ2) is 5.75. The highest BCUT2D eigenvalue weighted by molar-refractivity contribution is 7.13. The van der Waals surface area contributed by atoms with Crippen molar-refractivity contribution < 1.29 is 4.57 Å². The van der Waals surface area contributed by atoms with E-state index in [1.165, 1.54) is 0 Å². The normalized spacial score (nSPS) is 10.9. The molecular formula is C14H17N4S+. The molecule has 0 aliphatic rings. The molecule has 0 aliphatic carbocycles. The highest BCUT2D eigenvalue weighted by Gasteiger charge is 2.13. The van der Waals surface area contributed by atoms with E-state index in [2.05, 4.69) is 21.7 Å². The van der Waals surface area contributed by atoms with Crippen molar-refractivity contribution in [3.63, 3.8) is 0 Å². The van der Waals surface area contributed by atoms with Gasteiger partial charge < -0.3 is 4.90 Å². The molecule has 2 rings (SSSR count). The predicted octanol–water partition coefficient (Wildman–Crippen LogP) is 3.93. The van der Waals surface area contributed by atoms with Gasteiger partial charge in [-0.1, -0.05) is 6.58 Å². The maximum absolute atomic E-state index is 4.26. The monoisotopic (exact) mass is 273 g/mol. The van der Waals surface area contributed by atoms with Crippen LogP contribution in [0.2, 0.25) is 0 Å². The third-order valence-corrected chi connectivity index (χ3v) is 3.67. The molecule has 19 heavy (non-hydrogen) atoms. The first-order chi connectivity index (χ1) is 9.11. The van der Waals surface area contributed by atoms with Gasteiger partial charge in [0.1, 0.15) is 11.4 Å². The average Bonchev–Trinajstić information content (AvgIpc) is 2.77. The Balaban J connectivity index is 2.20. The van der Waals surface area contributed by atoms with Crippen LogP contribution in [0.3, 0.4) is 0 Å². The largest absolute Gasteiger partial charge is 0.413 e. The number of rotatable bonds is 4. The van der Waals surface area contributed by atoms with E-state index in [1.807, 2.05) is 55.2 Å². The maximum atomic E-state index is 4.26. The number of thiazole rings is 1. The lowest BCUT2D eigenvalue weighted by molar-refractivity contribution is -0.556. The maximum Gasteiger partial charge on any atom is 0.413 e. The summed E-state index contributed by atoms with van der Waals surface area (Å²) < 4.78 is 1.92. The molecule has 0 atom stereocenters. The summed E-state index contributed by atoms with van der Waals surface area (Å²) in [6.45, 7) is 5.79. The van der Waals surface area contributed by atoms with Crippen LogP contribution in [-0.2, 0) is 0 Å². The molecule has 1 aromatic heterocycles. The number of azo groups is 1. The standard InChI is InChI=1S/C14H17N4S/c1-5-18-11(2)10-19-14(18)16-15-12-6-8-13(9-7-12)17(3)4/h5-10H,1H2,2-4H3/q+1. The summed E-state index contributed by atoms with van der Waals surface area (Å²) in [7, 11) is 4.02. The zero-order valence-electron chi connectivity index (χ0n) is 11.4. The Morgan fingerprint density at radius 2 is 1.89 bits per heavy atom. The van der Waals surface area contributed by atoms with E-state index < -0.39 is 0 Å². The Bertz CT molecular complexity index is 596. The van der Waals surface area contributed by atoms with Crippen LogP contribution in [0.1, 0.15) is 5.69 Å². The van der Waals surface area contributed by atoms with Crippen molar-refractivity contribution in [2.75, 3.05) is 19.0 Å². The van der Waals surface area contributed by atoms with Gasteiger partial charge in [0.15, 0.2) is 0 Å². The van der Waals surface area contributed by atoms with Gasteiger partial charge in [-0.25, -0.2) is 0 Å². The van der Waals surface area contributed by atoms with Gasteiger partial charge in [-0.3, -0.25) is 0 Å². The Hall–Kier alpha value is -2.01. The van der Waals surface area contributed by atoms with E-state index in [1.54, 1.807) is 17.5 Å². The quantitative estimate of drug-likeness (QED) is 0.613. The number of hydrogen-bond acceptors (Lipinski definition) is 4. The zero-order chi connectivity index (χ0) is 13.8. The summed E-state index contributed by atoms with van der Waals surface area (Å²) in [5.41, 5.74) is 3.09. The van der Waals surface area contributed by atoms with Crippen molar-refractivity contribution in [1.82, 2.24) is 0 Å². The van der Waals surface area contributed by atoms with Gasteiger partial charge in [-0.05, 0) is 47.6 Å². The first-order valence-corrected chi connectivity index (χ1v) is 6.81. The molecule has 0 spiro atoms. The van der Waals surface area contributed by atoms with E-state index in [9.17, 15) is 0 Å². The number of nitrogens with zero attached hydrogens (tertiary/aromatic N) is 4. The van der Waals surface area contributed by atoms with Crippen molar-refractivity contribution in [3.05, 3.63) is 41.9 Å². The summed E-state index contributed by atoms with van der Waals surface area (Å²) in [6.07, 6.45) is 1.75. The van der Waals surface area contributed by atoms with Crippen LogP contribution >= 0.6 is 11.3 Å². The molecule has 0 amide bonds. The molecule has 0 aliphatic heterocycles. The van der Waals surface area contributed by atoms with E-state index in [0.29, 0.717) is 0 Å². The molecule has 1 aromatic carbocycles. The van der Waals surface area contributed by atoms with Gasteiger partial charge in [-0.2, -0.15) is 4.57 Å². The van der Waals surface area contributed by atoms with Crippen molar-refractivity contribution >= 4 is 34.0 Å². The van der Waals surface area contributed by atoms with Crippen LogP contribution < -0.4 is 9.47 Å². The zero-order valence-corrected chi connectivity index (χ0v) is 12.2. The van der Waals surface area contributed by atoms with E-state index >= 15 is 0 Å². The fourth-order valence-electron chi connectivity index (χ4n) is 1.61. The topological polar surface area (TPSA) is 31.8 Å². The third kappa shape index (κ3) is 3.06. The Morgan fingerprint density at radius 1 is 1.21 bits per heavy atom. The second-order valence-electron chi connectivity index (χ2n) is 4.32. The van der Waals surface area contributed by atoms with Gasteiger partial charge in [0.25, 0.3) is 0 Å². The van der Waals surface area contributed by atoms with E-state index in [0.717, 1.165) is 22.2 Å². The molecule has 0 N–H and O–H groups in total. The summed E-state index contributed by atoms with van der Waals surface area (Å²) in [6, 6.07) is 7.96. The molecule has 0 bridgehead atoms. The summed E-state index contributed by atoms with van der Waals surface area (Å²) in [5, 5.41) is 11.4. The van der Waals surface area contributed by atoms with Crippen LogP contribution in [0.25, 0.3) is 6.20 Å². The fraction of sp³-hybridized carbons (Fsp3) is 0.214. The highest BCUT2D eigenvalue weighted by Crippen LogP contribution is 2.22. The number of aryl methyl sites for hydroxylation is 1. The lowest BCUT2D eigenvalue weighted by Crippen LogP contribution is -2.25. The molecule has 0 fully saturated rings. The number of benzene rings is 1. The van der Waals surface area contributed by atoms with Crippen LogP contribution in [0.4, 0.5) is 16.5 Å². The molecule has 0 saturated carbocycles. The number of aromatic nitrogens is 1. The molecule has 1 heterocycles. The lowest BCUT2D eigenvalue weighted by Gasteiger charge is -2.11.